The van der Waals surface area contributed by atoms with Crippen molar-refractivity contribution in [2.24, 2.45) is 0 Å². The van der Waals surface area contributed by atoms with E-state index in [-0.39, 0.29) is 0 Å². The van der Waals surface area contributed by atoms with Crippen molar-refractivity contribution >= 4 is 55.9 Å². The van der Waals surface area contributed by atoms with Crippen molar-refractivity contribution in [3.05, 3.63) is 137 Å². The first-order chi connectivity index (χ1) is 18.7. The van der Waals surface area contributed by atoms with Gasteiger partial charge >= 0.3 is 0 Å². The smallest absolute Gasteiger partial charge is 0.0547 e. The molecule has 7 aromatic rings. The van der Waals surface area contributed by atoms with E-state index in [9.17, 15) is 0 Å². The van der Waals surface area contributed by atoms with Crippen molar-refractivity contribution in [3.63, 3.8) is 0 Å². The van der Waals surface area contributed by atoms with Crippen LogP contribution in [0.4, 0.5) is 0 Å². The molecule has 1 aliphatic rings. The molecule has 3 heteroatoms. The Morgan fingerprint density at radius 2 is 1.39 bits per heavy atom. The first kappa shape index (κ1) is 22.0. The molecule has 6 aromatic carbocycles. The normalized spacial score (nSPS) is 12.7. The zero-order valence-corrected chi connectivity index (χ0v) is 22.1. The lowest BCUT2D eigenvalue weighted by molar-refractivity contribution is 1.06. The molecule has 0 bridgehead atoms. The van der Waals surface area contributed by atoms with Crippen molar-refractivity contribution in [2.75, 3.05) is 0 Å². The molecule has 0 aliphatic carbocycles. The minimum atomic E-state index is 0.859. The van der Waals surface area contributed by atoms with Crippen LogP contribution in [-0.2, 0) is 6.42 Å². The van der Waals surface area contributed by atoms with Gasteiger partial charge in [-0.15, -0.1) is 0 Å². The SMILES string of the molecule is Clc1cccc2c1Cc1ccc(-c3ccc4c(c3)c3c5ccccc5ccc3n4-c3ccccc3)cc1S2. The Labute approximate surface area is 230 Å². The highest BCUT2D eigenvalue weighted by molar-refractivity contribution is 7.99. The second-order valence-corrected chi connectivity index (χ2v) is 11.4. The van der Waals surface area contributed by atoms with Crippen LogP contribution in [0.25, 0.3) is 49.4 Å². The molecule has 1 nitrogen and oxygen atoms in total. The lowest BCUT2D eigenvalue weighted by Crippen LogP contribution is -2.00. The molecule has 8 rings (SSSR count). The van der Waals surface area contributed by atoms with E-state index in [1.165, 1.54) is 70.3 Å². The third-order valence-corrected chi connectivity index (χ3v) is 9.29. The Kier molecular flexibility index (Phi) is 4.95. The van der Waals surface area contributed by atoms with Gasteiger partial charge < -0.3 is 4.57 Å². The van der Waals surface area contributed by atoms with Crippen LogP contribution in [0.5, 0.6) is 0 Å². The Hall–Kier alpha value is -3.98. The van der Waals surface area contributed by atoms with E-state index in [1.54, 1.807) is 0 Å². The topological polar surface area (TPSA) is 4.93 Å². The summed E-state index contributed by atoms with van der Waals surface area (Å²) in [4.78, 5) is 2.57. The third kappa shape index (κ3) is 3.34. The van der Waals surface area contributed by atoms with E-state index in [0.717, 1.165) is 11.4 Å². The molecule has 0 unspecified atom stereocenters. The molecule has 0 amide bonds. The molecule has 0 fully saturated rings. The van der Waals surface area contributed by atoms with Crippen LogP contribution >= 0.6 is 23.4 Å². The van der Waals surface area contributed by atoms with E-state index >= 15 is 0 Å². The first-order valence-corrected chi connectivity index (χ1v) is 14.0. The number of benzene rings is 6. The molecule has 0 atom stereocenters. The van der Waals surface area contributed by atoms with Crippen LogP contribution in [0, 0.1) is 0 Å². The Morgan fingerprint density at radius 1 is 0.605 bits per heavy atom. The fraction of sp³-hybridized carbons (Fsp3) is 0.0286. The molecule has 0 radical (unpaired) electrons. The van der Waals surface area contributed by atoms with Gasteiger partial charge in [0, 0.05) is 37.7 Å². The minimum absolute atomic E-state index is 0.859. The quantitative estimate of drug-likeness (QED) is 0.218. The second-order valence-electron chi connectivity index (χ2n) is 9.90. The lowest BCUT2D eigenvalue weighted by atomic mass is 9.97. The number of rotatable bonds is 2. The zero-order chi connectivity index (χ0) is 25.2. The molecule has 1 aromatic heterocycles. The first-order valence-electron chi connectivity index (χ1n) is 12.8. The summed E-state index contributed by atoms with van der Waals surface area (Å²) >= 11 is 8.34. The van der Waals surface area contributed by atoms with Gasteiger partial charge in [-0.2, -0.15) is 0 Å². The van der Waals surface area contributed by atoms with E-state index in [1.807, 2.05) is 23.9 Å². The molecule has 0 spiro atoms. The summed E-state index contributed by atoms with van der Waals surface area (Å²) in [6, 6.07) is 43.9. The van der Waals surface area contributed by atoms with Crippen molar-refractivity contribution in [2.45, 2.75) is 16.2 Å². The van der Waals surface area contributed by atoms with Crippen LogP contribution in [0.15, 0.2) is 131 Å². The van der Waals surface area contributed by atoms with E-state index < -0.39 is 0 Å². The van der Waals surface area contributed by atoms with Crippen LogP contribution in [-0.4, -0.2) is 4.57 Å². The summed E-state index contributed by atoms with van der Waals surface area (Å²) in [5, 5.41) is 5.99. The molecular formula is C35H22ClNS. The highest BCUT2D eigenvalue weighted by atomic mass is 35.5. The predicted octanol–water partition coefficient (Wildman–Crippen LogP) is 10.3. The highest BCUT2D eigenvalue weighted by Crippen LogP contribution is 2.44. The average Bonchev–Trinajstić information content (AvgIpc) is 3.31. The number of hydrogen-bond acceptors (Lipinski definition) is 1. The molecule has 2 heterocycles. The van der Waals surface area contributed by atoms with Gasteiger partial charge in [-0.1, -0.05) is 96.2 Å². The summed E-state index contributed by atoms with van der Waals surface area (Å²) in [5.41, 5.74) is 8.69. The van der Waals surface area contributed by atoms with Crippen molar-refractivity contribution < 1.29 is 0 Å². The fourth-order valence-corrected chi connectivity index (χ4v) is 7.36. The minimum Gasteiger partial charge on any atom is -0.309 e. The third-order valence-electron chi connectivity index (χ3n) is 7.73. The Morgan fingerprint density at radius 3 is 2.32 bits per heavy atom. The summed E-state index contributed by atoms with van der Waals surface area (Å²) in [6.45, 7) is 0. The van der Waals surface area contributed by atoms with Gasteiger partial charge in [0.15, 0.2) is 0 Å². The number of aromatic nitrogens is 1. The van der Waals surface area contributed by atoms with Gasteiger partial charge in [-0.25, -0.2) is 0 Å². The van der Waals surface area contributed by atoms with Crippen LogP contribution in [0.2, 0.25) is 5.02 Å². The van der Waals surface area contributed by atoms with Gasteiger partial charge in [0.05, 0.1) is 11.0 Å². The standard InChI is InChI=1S/C35H22ClNS/c36-30-11-6-12-33-28(30)20-25-14-13-24(21-34(25)38-33)23-16-17-31-29(19-23)35-27-10-5-4-7-22(27)15-18-32(35)37(31)26-8-2-1-3-9-26/h1-19,21H,20H2. The van der Waals surface area contributed by atoms with Crippen molar-refractivity contribution in [3.8, 4) is 16.8 Å². The van der Waals surface area contributed by atoms with Crippen LogP contribution in [0.3, 0.4) is 0 Å². The number of nitrogens with zero attached hydrogens (tertiary/aromatic N) is 1. The lowest BCUT2D eigenvalue weighted by Gasteiger charge is -2.20. The maximum Gasteiger partial charge on any atom is 0.0547 e. The molecule has 0 saturated carbocycles. The molecule has 0 saturated heterocycles. The predicted molar refractivity (Wildman–Crippen MR) is 162 cm³/mol. The van der Waals surface area contributed by atoms with Crippen LogP contribution in [0.1, 0.15) is 11.1 Å². The van der Waals surface area contributed by atoms with Gasteiger partial charge in [0.1, 0.15) is 0 Å². The largest absolute Gasteiger partial charge is 0.309 e. The number of para-hydroxylation sites is 1. The Balaban J connectivity index is 1.35. The second kappa shape index (κ2) is 8.52. The molecule has 1 aliphatic heterocycles. The summed E-state index contributed by atoms with van der Waals surface area (Å²) in [5.74, 6) is 0. The van der Waals surface area contributed by atoms with Gasteiger partial charge in [0.25, 0.3) is 0 Å². The average molecular weight is 524 g/mol. The monoisotopic (exact) mass is 523 g/mol. The molecular weight excluding hydrogens is 502 g/mol. The molecule has 180 valence electrons. The number of hydrogen-bond donors (Lipinski definition) is 0. The zero-order valence-electron chi connectivity index (χ0n) is 20.5. The maximum atomic E-state index is 6.51. The summed E-state index contributed by atoms with van der Waals surface area (Å²) < 4.78 is 2.39. The summed E-state index contributed by atoms with van der Waals surface area (Å²) in [7, 11) is 0. The van der Waals surface area contributed by atoms with Crippen molar-refractivity contribution in [1.82, 2.24) is 4.57 Å². The van der Waals surface area contributed by atoms with E-state index in [2.05, 4.69) is 114 Å². The van der Waals surface area contributed by atoms with Gasteiger partial charge in [0.2, 0.25) is 0 Å². The molecule has 38 heavy (non-hydrogen) atoms. The molecule has 0 N–H and O–H groups in total. The van der Waals surface area contributed by atoms with Gasteiger partial charge in [-0.05, 0) is 81.6 Å². The van der Waals surface area contributed by atoms with E-state index in [0.29, 0.717) is 0 Å². The maximum absolute atomic E-state index is 6.51. The van der Waals surface area contributed by atoms with E-state index in [4.69, 9.17) is 11.6 Å². The van der Waals surface area contributed by atoms with Crippen molar-refractivity contribution in [1.29, 1.82) is 0 Å². The number of fused-ring (bicyclic) bond motifs is 7. The fourth-order valence-electron chi connectivity index (χ4n) is 5.92. The summed E-state index contributed by atoms with van der Waals surface area (Å²) in [6.07, 6.45) is 0.882. The van der Waals surface area contributed by atoms with Crippen LogP contribution < -0.4 is 0 Å². The Bertz CT molecular complexity index is 2040. The number of halogens is 1. The highest BCUT2D eigenvalue weighted by Gasteiger charge is 2.20. The van der Waals surface area contributed by atoms with Gasteiger partial charge in [-0.3, -0.25) is 0 Å².